The molecule has 4 nitrogen and oxygen atoms in total. The topological polar surface area (TPSA) is 21.8 Å². The Bertz CT molecular complexity index is 3030. The number of hydrogen-bond acceptors (Lipinski definition) is 4. The van der Waals surface area contributed by atoms with Gasteiger partial charge in [0, 0.05) is 68.1 Å². The van der Waals surface area contributed by atoms with Crippen LogP contribution >= 0.6 is 0 Å². The van der Waals surface area contributed by atoms with Crippen LogP contribution in [0.1, 0.15) is 0 Å². The van der Waals surface area contributed by atoms with Crippen LogP contribution in [-0.2, 0) is 0 Å². The maximum Gasteiger partial charge on any atom is 0.252 e. The first-order valence-corrected chi connectivity index (χ1v) is 20.8. The molecule has 0 bridgehead atoms. The number of nitrogens with zero attached hydrogens (tertiary/aromatic N) is 3. The monoisotopic (exact) mass is 764 g/mol. The third-order valence-corrected chi connectivity index (χ3v) is 12.4. The van der Waals surface area contributed by atoms with Crippen molar-refractivity contribution in [2.45, 2.75) is 0 Å². The SMILES string of the molecule is B1c2ccc(N(c3ccccc3)c3ccccc3)cc2N2c3ccccc3B3c4ccccc4N(c4ccccc4)c4cc(-c5ccccc5Nc5ccccc5)c1c2c43. The number of rotatable bonds is 7. The van der Waals surface area contributed by atoms with Crippen molar-refractivity contribution in [1.82, 2.24) is 0 Å². The van der Waals surface area contributed by atoms with Gasteiger partial charge in [-0.15, -0.1) is 0 Å². The van der Waals surface area contributed by atoms with Crippen molar-refractivity contribution in [3.05, 3.63) is 218 Å². The molecule has 3 aliphatic heterocycles. The van der Waals surface area contributed by atoms with Crippen LogP contribution in [0.25, 0.3) is 11.1 Å². The molecule has 3 heterocycles. The fraction of sp³-hybridized carbons (Fsp3) is 0. The zero-order valence-corrected chi connectivity index (χ0v) is 32.9. The summed E-state index contributed by atoms with van der Waals surface area (Å²) in [6, 6.07) is 79.4. The van der Waals surface area contributed by atoms with Crippen LogP contribution in [0.2, 0.25) is 0 Å². The van der Waals surface area contributed by atoms with E-state index in [1.54, 1.807) is 0 Å². The van der Waals surface area contributed by atoms with E-state index >= 15 is 0 Å². The summed E-state index contributed by atoms with van der Waals surface area (Å²) in [7, 11) is 0.794. The Morgan fingerprint density at radius 1 is 0.433 bits per heavy atom. The highest BCUT2D eigenvalue weighted by Crippen LogP contribution is 2.47. The Balaban J connectivity index is 1.16. The van der Waals surface area contributed by atoms with Crippen LogP contribution in [0.3, 0.4) is 0 Å². The largest absolute Gasteiger partial charge is 0.355 e. The van der Waals surface area contributed by atoms with E-state index in [1.807, 2.05) is 0 Å². The summed E-state index contributed by atoms with van der Waals surface area (Å²) >= 11 is 0. The molecule has 3 aliphatic rings. The highest BCUT2D eigenvalue weighted by atomic mass is 15.2. The molecule has 0 aromatic heterocycles. The summed E-state index contributed by atoms with van der Waals surface area (Å²) in [5.41, 5.74) is 21.8. The molecule has 0 amide bonds. The van der Waals surface area contributed by atoms with Crippen LogP contribution < -0.4 is 47.3 Å². The van der Waals surface area contributed by atoms with Crippen LogP contribution in [0.15, 0.2) is 218 Å². The van der Waals surface area contributed by atoms with E-state index in [-0.39, 0.29) is 6.71 Å². The van der Waals surface area contributed by atoms with Gasteiger partial charge in [-0.2, -0.15) is 0 Å². The molecule has 0 atom stereocenters. The first-order valence-electron chi connectivity index (χ1n) is 20.8. The number of hydrogen-bond donors (Lipinski definition) is 1. The smallest absolute Gasteiger partial charge is 0.252 e. The van der Waals surface area contributed by atoms with E-state index in [4.69, 9.17) is 0 Å². The molecule has 0 unspecified atom stereocenters. The highest BCUT2D eigenvalue weighted by molar-refractivity contribution is 7.01. The zero-order chi connectivity index (χ0) is 39.6. The fourth-order valence-electron chi connectivity index (χ4n) is 9.91. The Labute approximate surface area is 352 Å². The van der Waals surface area contributed by atoms with Gasteiger partial charge in [-0.1, -0.05) is 139 Å². The predicted molar refractivity (Wildman–Crippen MR) is 257 cm³/mol. The predicted octanol–water partition coefficient (Wildman–Crippen LogP) is 10.4. The number of fused-ring (bicyclic) bond motifs is 7. The molecule has 1 N–H and O–H groups in total. The molecule has 280 valence electrons. The summed E-state index contributed by atoms with van der Waals surface area (Å²) in [5, 5.41) is 3.80. The summed E-state index contributed by atoms with van der Waals surface area (Å²) in [6.45, 7) is 0.0546. The van der Waals surface area contributed by atoms with E-state index in [2.05, 4.69) is 238 Å². The average Bonchev–Trinajstić information content (AvgIpc) is 3.32. The molecular weight excluding hydrogens is 726 g/mol. The molecule has 0 fully saturated rings. The van der Waals surface area contributed by atoms with Gasteiger partial charge in [-0.05, 0) is 112 Å². The minimum Gasteiger partial charge on any atom is -0.355 e. The summed E-state index contributed by atoms with van der Waals surface area (Å²) in [5.74, 6) is 0. The summed E-state index contributed by atoms with van der Waals surface area (Å²) in [6.07, 6.45) is 0. The van der Waals surface area contributed by atoms with Gasteiger partial charge in [0.05, 0.1) is 0 Å². The normalized spacial score (nSPS) is 12.7. The van der Waals surface area contributed by atoms with Crippen molar-refractivity contribution in [1.29, 1.82) is 0 Å². The van der Waals surface area contributed by atoms with Gasteiger partial charge < -0.3 is 20.0 Å². The molecule has 12 rings (SSSR count). The maximum absolute atomic E-state index is 3.80. The summed E-state index contributed by atoms with van der Waals surface area (Å²) < 4.78 is 0. The van der Waals surface area contributed by atoms with Gasteiger partial charge in [-0.25, -0.2) is 0 Å². The zero-order valence-electron chi connectivity index (χ0n) is 32.9. The molecule has 0 radical (unpaired) electrons. The number of anilines is 11. The van der Waals surface area contributed by atoms with E-state index in [9.17, 15) is 0 Å². The van der Waals surface area contributed by atoms with Gasteiger partial charge in [0.15, 0.2) is 7.28 Å². The lowest BCUT2D eigenvalue weighted by Gasteiger charge is -2.47. The molecule has 9 aromatic rings. The van der Waals surface area contributed by atoms with Crippen molar-refractivity contribution in [3.63, 3.8) is 0 Å². The third kappa shape index (κ3) is 5.41. The highest BCUT2D eigenvalue weighted by Gasteiger charge is 2.46. The lowest BCUT2D eigenvalue weighted by molar-refractivity contribution is 1.25. The van der Waals surface area contributed by atoms with Crippen LogP contribution in [0.4, 0.5) is 62.6 Å². The lowest BCUT2D eigenvalue weighted by Crippen LogP contribution is -2.64. The minimum absolute atomic E-state index is 0.0546. The quantitative estimate of drug-likeness (QED) is 0.163. The number of benzene rings is 9. The van der Waals surface area contributed by atoms with Gasteiger partial charge in [0.25, 0.3) is 6.71 Å². The number of para-hydroxylation sites is 7. The molecular formula is C54H38B2N4. The first-order chi connectivity index (χ1) is 29.8. The Morgan fingerprint density at radius 2 is 1.00 bits per heavy atom. The van der Waals surface area contributed by atoms with Crippen molar-refractivity contribution >= 4 is 104 Å². The second-order valence-electron chi connectivity index (χ2n) is 15.8. The molecule has 60 heavy (non-hydrogen) atoms. The first kappa shape index (κ1) is 34.4. The molecule has 0 saturated heterocycles. The van der Waals surface area contributed by atoms with Crippen LogP contribution in [0.5, 0.6) is 0 Å². The Hall–Kier alpha value is -7.69. The van der Waals surface area contributed by atoms with Crippen molar-refractivity contribution in [2.75, 3.05) is 20.0 Å². The van der Waals surface area contributed by atoms with Gasteiger partial charge in [0.2, 0.25) is 0 Å². The molecule has 9 aromatic carbocycles. The lowest BCUT2D eigenvalue weighted by atomic mass is 9.32. The minimum atomic E-state index is 0.0546. The van der Waals surface area contributed by atoms with Crippen molar-refractivity contribution < 1.29 is 0 Å². The summed E-state index contributed by atoms with van der Waals surface area (Å²) in [4.78, 5) is 7.48. The van der Waals surface area contributed by atoms with Gasteiger partial charge >= 0.3 is 0 Å². The fourth-order valence-corrected chi connectivity index (χ4v) is 9.91. The second kappa shape index (κ2) is 14.0. The second-order valence-corrected chi connectivity index (χ2v) is 15.8. The average molecular weight is 765 g/mol. The van der Waals surface area contributed by atoms with Gasteiger partial charge in [0.1, 0.15) is 0 Å². The third-order valence-electron chi connectivity index (χ3n) is 12.4. The van der Waals surface area contributed by atoms with Gasteiger partial charge in [-0.3, -0.25) is 0 Å². The van der Waals surface area contributed by atoms with Crippen molar-refractivity contribution in [2.24, 2.45) is 0 Å². The standard InChI is InChI=1S/C54H38B2N4/c1-5-19-37(20-6-1)57-47-30-16-13-27-42(47)43-36-51-53-54-52(43)55-44-34-33-41(58(38-21-7-2-8-22-38)39-23-9-3-10-24-39)35-50(44)60(54)49-32-18-15-29-46(49)56(53)45-28-14-17-31-48(45)59(51)40-25-11-4-12-26-40/h1-36,55,57H. The molecule has 0 aliphatic carbocycles. The number of nitrogens with one attached hydrogen (secondary N) is 1. The van der Waals surface area contributed by atoms with E-state index < -0.39 is 0 Å². The Morgan fingerprint density at radius 3 is 1.68 bits per heavy atom. The van der Waals surface area contributed by atoms with E-state index in [1.165, 1.54) is 66.9 Å². The molecule has 0 saturated carbocycles. The Kier molecular flexibility index (Phi) is 8.02. The van der Waals surface area contributed by atoms with E-state index in [0.29, 0.717) is 0 Å². The molecule has 0 spiro atoms. The van der Waals surface area contributed by atoms with E-state index in [0.717, 1.165) is 41.4 Å². The van der Waals surface area contributed by atoms with Crippen molar-refractivity contribution in [3.8, 4) is 11.1 Å². The molecule has 6 heteroatoms. The maximum atomic E-state index is 3.80. The van der Waals surface area contributed by atoms with Crippen LogP contribution in [0, 0.1) is 0 Å². The van der Waals surface area contributed by atoms with Crippen LogP contribution in [-0.4, -0.2) is 14.0 Å².